The SMILES string of the molecule is Cc1cc(C)c2c(N)nc(NC3CCN(Cc4ncco4)CC3)nc2n1. The maximum Gasteiger partial charge on any atom is 0.226 e. The fraction of sp³-hybridized carbons (Fsp3) is 0.444. The Balaban J connectivity index is 1.43. The van der Waals surface area contributed by atoms with E-state index in [1.165, 1.54) is 0 Å². The van der Waals surface area contributed by atoms with E-state index in [0.717, 1.165) is 55.0 Å². The van der Waals surface area contributed by atoms with Crippen molar-refractivity contribution in [1.29, 1.82) is 0 Å². The number of nitrogens with two attached hydrogens (primary N) is 1. The molecule has 4 rings (SSSR count). The average Bonchev–Trinajstić information content (AvgIpc) is 3.08. The van der Waals surface area contributed by atoms with E-state index in [-0.39, 0.29) is 0 Å². The Bertz CT molecular complexity index is 902. The lowest BCUT2D eigenvalue weighted by Crippen LogP contribution is -2.39. The summed E-state index contributed by atoms with van der Waals surface area (Å²) < 4.78 is 5.32. The number of piperidine rings is 1. The van der Waals surface area contributed by atoms with Crippen LogP contribution in [0.4, 0.5) is 11.8 Å². The van der Waals surface area contributed by atoms with Crippen molar-refractivity contribution in [3.63, 3.8) is 0 Å². The average molecular weight is 353 g/mol. The van der Waals surface area contributed by atoms with Gasteiger partial charge in [-0.2, -0.15) is 9.97 Å². The summed E-state index contributed by atoms with van der Waals surface area (Å²) in [5.41, 5.74) is 8.79. The van der Waals surface area contributed by atoms with Crippen LogP contribution in [0.5, 0.6) is 0 Å². The Morgan fingerprint density at radius 3 is 2.77 bits per heavy atom. The molecule has 1 fully saturated rings. The molecule has 8 nitrogen and oxygen atoms in total. The van der Waals surface area contributed by atoms with E-state index in [1.54, 1.807) is 12.5 Å². The van der Waals surface area contributed by atoms with E-state index in [9.17, 15) is 0 Å². The smallest absolute Gasteiger partial charge is 0.226 e. The second kappa shape index (κ2) is 6.87. The summed E-state index contributed by atoms with van der Waals surface area (Å²) in [5, 5.41) is 4.26. The van der Waals surface area contributed by atoms with Crippen LogP contribution in [0.1, 0.15) is 30.0 Å². The van der Waals surface area contributed by atoms with Crippen molar-refractivity contribution < 1.29 is 4.42 Å². The highest BCUT2D eigenvalue weighted by Gasteiger charge is 2.21. The number of oxazole rings is 1. The summed E-state index contributed by atoms with van der Waals surface area (Å²) in [4.78, 5) is 20.1. The summed E-state index contributed by atoms with van der Waals surface area (Å²) in [5.74, 6) is 1.79. The number of hydrogen-bond acceptors (Lipinski definition) is 8. The molecule has 0 atom stereocenters. The fourth-order valence-electron chi connectivity index (χ4n) is 3.51. The van der Waals surface area contributed by atoms with Gasteiger partial charge in [-0.1, -0.05) is 0 Å². The normalized spacial score (nSPS) is 16.2. The molecule has 136 valence electrons. The third-order valence-corrected chi connectivity index (χ3v) is 4.78. The maximum absolute atomic E-state index is 6.15. The summed E-state index contributed by atoms with van der Waals surface area (Å²) in [6, 6.07) is 2.32. The Morgan fingerprint density at radius 1 is 1.23 bits per heavy atom. The van der Waals surface area contributed by atoms with Crippen molar-refractivity contribution in [2.75, 3.05) is 24.1 Å². The van der Waals surface area contributed by atoms with Gasteiger partial charge < -0.3 is 15.5 Å². The zero-order chi connectivity index (χ0) is 18.1. The highest BCUT2D eigenvalue weighted by atomic mass is 16.3. The number of nitrogens with zero attached hydrogens (tertiary/aromatic N) is 5. The molecule has 3 N–H and O–H groups in total. The zero-order valence-corrected chi connectivity index (χ0v) is 15.1. The van der Waals surface area contributed by atoms with Gasteiger partial charge in [0.25, 0.3) is 0 Å². The Kier molecular flexibility index (Phi) is 4.42. The molecule has 26 heavy (non-hydrogen) atoms. The van der Waals surface area contributed by atoms with E-state index in [4.69, 9.17) is 10.2 Å². The van der Waals surface area contributed by atoms with Crippen LogP contribution in [-0.2, 0) is 6.54 Å². The molecule has 0 radical (unpaired) electrons. The lowest BCUT2D eigenvalue weighted by Gasteiger charge is -2.31. The first-order chi connectivity index (χ1) is 12.6. The van der Waals surface area contributed by atoms with Crippen LogP contribution >= 0.6 is 0 Å². The molecular weight excluding hydrogens is 330 g/mol. The number of hydrogen-bond donors (Lipinski definition) is 2. The van der Waals surface area contributed by atoms with Crippen LogP contribution in [0.25, 0.3) is 11.0 Å². The fourth-order valence-corrected chi connectivity index (χ4v) is 3.51. The number of aromatic nitrogens is 4. The number of anilines is 2. The minimum Gasteiger partial charge on any atom is -0.448 e. The quantitative estimate of drug-likeness (QED) is 0.736. The first-order valence-corrected chi connectivity index (χ1v) is 8.87. The molecule has 0 aromatic carbocycles. The first kappa shape index (κ1) is 16.7. The van der Waals surface area contributed by atoms with Gasteiger partial charge in [-0.05, 0) is 38.3 Å². The van der Waals surface area contributed by atoms with E-state index in [2.05, 4.69) is 30.2 Å². The topological polar surface area (TPSA) is 106 Å². The molecular formula is C18H23N7O. The van der Waals surface area contributed by atoms with Crippen molar-refractivity contribution in [2.24, 2.45) is 0 Å². The number of aryl methyl sites for hydroxylation is 2. The zero-order valence-electron chi connectivity index (χ0n) is 15.1. The molecule has 0 aliphatic carbocycles. The van der Waals surface area contributed by atoms with E-state index in [1.807, 2.05) is 19.9 Å². The second-order valence-corrected chi connectivity index (χ2v) is 6.83. The largest absolute Gasteiger partial charge is 0.448 e. The highest BCUT2D eigenvalue weighted by Crippen LogP contribution is 2.24. The van der Waals surface area contributed by atoms with Gasteiger partial charge in [0.2, 0.25) is 11.8 Å². The number of pyridine rings is 1. The summed E-state index contributed by atoms with van der Waals surface area (Å²) in [6.45, 7) is 6.66. The maximum atomic E-state index is 6.15. The van der Waals surface area contributed by atoms with E-state index >= 15 is 0 Å². The van der Waals surface area contributed by atoms with Crippen molar-refractivity contribution in [3.05, 3.63) is 35.7 Å². The Labute approximate surface area is 151 Å². The van der Waals surface area contributed by atoms with Crippen molar-refractivity contribution in [2.45, 2.75) is 39.3 Å². The molecule has 0 amide bonds. The highest BCUT2D eigenvalue weighted by molar-refractivity contribution is 5.89. The monoisotopic (exact) mass is 353 g/mol. The molecule has 1 aliphatic rings. The number of rotatable bonds is 4. The molecule has 0 saturated carbocycles. The molecule has 8 heteroatoms. The minimum absolute atomic E-state index is 0.318. The molecule has 1 saturated heterocycles. The van der Waals surface area contributed by atoms with Gasteiger partial charge in [0.05, 0.1) is 18.1 Å². The van der Waals surface area contributed by atoms with Gasteiger partial charge >= 0.3 is 0 Å². The molecule has 3 aromatic rings. The van der Waals surface area contributed by atoms with Gasteiger partial charge in [-0.15, -0.1) is 0 Å². The third-order valence-electron chi connectivity index (χ3n) is 4.78. The second-order valence-electron chi connectivity index (χ2n) is 6.83. The first-order valence-electron chi connectivity index (χ1n) is 8.87. The van der Waals surface area contributed by atoms with Crippen molar-refractivity contribution in [3.8, 4) is 0 Å². The van der Waals surface area contributed by atoms with Crippen molar-refractivity contribution >= 4 is 22.8 Å². The van der Waals surface area contributed by atoms with Gasteiger partial charge in [0.15, 0.2) is 5.65 Å². The Hall–Kier alpha value is -2.74. The number of likely N-dealkylation sites (tertiary alicyclic amines) is 1. The van der Waals surface area contributed by atoms with Crippen LogP contribution in [0.15, 0.2) is 22.9 Å². The number of nitrogens with one attached hydrogen (secondary N) is 1. The van der Waals surface area contributed by atoms with Crippen LogP contribution < -0.4 is 11.1 Å². The number of fused-ring (bicyclic) bond motifs is 1. The molecule has 3 aromatic heterocycles. The van der Waals surface area contributed by atoms with Crippen LogP contribution in [0.3, 0.4) is 0 Å². The molecule has 4 heterocycles. The summed E-state index contributed by atoms with van der Waals surface area (Å²) in [6.07, 6.45) is 5.30. The van der Waals surface area contributed by atoms with Gasteiger partial charge in [-0.3, -0.25) is 4.90 Å². The van der Waals surface area contributed by atoms with E-state index in [0.29, 0.717) is 23.5 Å². The minimum atomic E-state index is 0.318. The lowest BCUT2D eigenvalue weighted by molar-refractivity contribution is 0.193. The lowest BCUT2D eigenvalue weighted by atomic mass is 10.1. The summed E-state index contributed by atoms with van der Waals surface area (Å²) in [7, 11) is 0. The van der Waals surface area contributed by atoms with Crippen LogP contribution in [0.2, 0.25) is 0 Å². The Morgan fingerprint density at radius 2 is 2.04 bits per heavy atom. The van der Waals surface area contributed by atoms with Crippen molar-refractivity contribution in [1.82, 2.24) is 24.8 Å². The third kappa shape index (κ3) is 3.45. The van der Waals surface area contributed by atoms with Gasteiger partial charge in [0, 0.05) is 24.8 Å². The van der Waals surface area contributed by atoms with Gasteiger partial charge in [0.1, 0.15) is 12.1 Å². The molecule has 0 unspecified atom stereocenters. The van der Waals surface area contributed by atoms with Gasteiger partial charge in [-0.25, -0.2) is 9.97 Å². The number of nitrogen functional groups attached to an aromatic ring is 1. The summed E-state index contributed by atoms with van der Waals surface area (Å²) >= 11 is 0. The van der Waals surface area contributed by atoms with E-state index < -0.39 is 0 Å². The molecule has 0 bridgehead atoms. The standard InChI is InChI=1S/C18H23N7O/c1-11-9-12(2)21-17-15(11)16(19)23-18(24-17)22-13-3-6-25(7-4-13)10-14-20-5-8-26-14/h5,8-9,13H,3-4,6-7,10H2,1-2H3,(H3,19,21,22,23,24). The predicted molar refractivity (Wildman–Crippen MR) is 99.6 cm³/mol. The molecule has 0 spiro atoms. The predicted octanol–water partition coefficient (Wildman–Crippen LogP) is 2.29. The van der Waals surface area contributed by atoms with Crippen LogP contribution in [-0.4, -0.2) is 44.0 Å². The molecule has 1 aliphatic heterocycles. The van der Waals surface area contributed by atoms with Crippen LogP contribution in [0, 0.1) is 13.8 Å².